The van der Waals surface area contributed by atoms with Crippen molar-refractivity contribution in [1.82, 2.24) is 9.97 Å². The number of hydrogen-bond acceptors (Lipinski definition) is 4. The number of fused-ring (bicyclic) bond motifs is 1. The van der Waals surface area contributed by atoms with Crippen LogP contribution in [0, 0.1) is 0 Å². The maximum atomic E-state index is 6.24. The van der Waals surface area contributed by atoms with Gasteiger partial charge in [0.1, 0.15) is 5.69 Å². The topological polar surface area (TPSA) is 44.2 Å². The number of ether oxygens (including phenoxy) is 2. The molecule has 0 radical (unpaired) electrons. The molecule has 0 amide bonds. The summed E-state index contributed by atoms with van der Waals surface area (Å²) in [6, 6.07) is 13.5. The van der Waals surface area contributed by atoms with E-state index >= 15 is 0 Å². The van der Waals surface area contributed by atoms with Gasteiger partial charge in [-0.15, -0.1) is 0 Å². The zero-order valence-corrected chi connectivity index (χ0v) is 13.5. The van der Waals surface area contributed by atoms with Crippen LogP contribution in [0.2, 0.25) is 5.15 Å². The van der Waals surface area contributed by atoms with Crippen LogP contribution in [-0.2, 0) is 0 Å². The van der Waals surface area contributed by atoms with Crippen molar-refractivity contribution in [2.24, 2.45) is 0 Å². The molecule has 2 aromatic carbocycles. The Hall–Kier alpha value is -2.59. The SMILES string of the molecule is COc1cc2nc(Cl)c(C=Cc3ccccc3)nc2cc1OC. The second-order valence-electron chi connectivity index (χ2n) is 4.84. The Bertz CT molecular complexity index is 864. The summed E-state index contributed by atoms with van der Waals surface area (Å²) in [6.45, 7) is 0. The molecular weight excluding hydrogens is 312 g/mol. The van der Waals surface area contributed by atoms with Crippen molar-refractivity contribution in [1.29, 1.82) is 0 Å². The van der Waals surface area contributed by atoms with Crippen LogP contribution in [-0.4, -0.2) is 24.2 Å². The molecule has 0 spiro atoms. The highest BCUT2D eigenvalue weighted by Gasteiger charge is 2.10. The molecule has 0 aliphatic heterocycles. The number of benzene rings is 2. The van der Waals surface area contributed by atoms with Gasteiger partial charge in [-0.3, -0.25) is 0 Å². The summed E-state index contributed by atoms with van der Waals surface area (Å²) in [5, 5.41) is 0.344. The minimum Gasteiger partial charge on any atom is -0.493 e. The van der Waals surface area contributed by atoms with Crippen molar-refractivity contribution in [2.75, 3.05) is 14.2 Å². The third kappa shape index (κ3) is 3.27. The third-order valence-corrected chi connectivity index (χ3v) is 3.66. The normalized spacial score (nSPS) is 11.1. The molecule has 3 rings (SSSR count). The van der Waals surface area contributed by atoms with Gasteiger partial charge >= 0.3 is 0 Å². The highest BCUT2D eigenvalue weighted by atomic mass is 35.5. The first-order valence-electron chi connectivity index (χ1n) is 7.03. The van der Waals surface area contributed by atoms with Gasteiger partial charge in [-0.05, 0) is 11.6 Å². The van der Waals surface area contributed by atoms with Crippen LogP contribution in [0.1, 0.15) is 11.3 Å². The molecule has 0 aliphatic carbocycles. The maximum absolute atomic E-state index is 6.24. The van der Waals surface area contributed by atoms with Crippen LogP contribution in [0.5, 0.6) is 11.5 Å². The fourth-order valence-corrected chi connectivity index (χ4v) is 2.42. The fraction of sp³-hybridized carbons (Fsp3) is 0.111. The van der Waals surface area contributed by atoms with E-state index in [0.29, 0.717) is 33.4 Å². The van der Waals surface area contributed by atoms with E-state index in [1.165, 1.54) is 0 Å². The molecule has 23 heavy (non-hydrogen) atoms. The second-order valence-corrected chi connectivity index (χ2v) is 5.20. The minimum absolute atomic E-state index is 0.344. The number of rotatable bonds is 4. The van der Waals surface area contributed by atoms with Gasteiger partial charge in [0.05, 0.1) is 25.3 Å². The van der Waals surface area contributed by atoms with Crippen molar-refractivity contribution in [3.05, 3.63) is 58.9 Å². The lowest BCUT2D eigenvalue weighted by atomic mass is 10.2. The molecule has 3 aromatic rings. The zero-order valence-electron chi connectivity index (χ0n) is 12.8. The Morgan fingerprint density at radius 2 is 1.48 bits per heavy atom. The van der Waals surface area contributed by atoms with E-state index in [2.05, 4.69) is 9.97 Å². The van der Waals surface area contributed by atoms with E-state index in [9.17, 15) is 0 Å². The lowest BCUT2D eigenvalue weighted by Crippen LogP contribution is -1.95. The van der Waals surface area contributed by atoms with Crippen LogP contribution >= 0.6 is 11.6 Å². The number of nitrogens with zero attached hydrogens (tertiary/aromatic N) is 2. The quantitative estimate of drug-likeness (QED) is 0.709. The second kappa shape index (κ2) is 6.67. The fourth-order valence-electron chi connectivity index (χ4n) is 2.22. The van der Waals surface area contributed by atoms with Gasteiger partial charge in [0.2, 0.25) is 0 Å². The average Bonchev–Trinajstić information content (AvgIpc) is 2.59. The van der Waals surface area contributed by atoms with Crippen LogP contribution < -0.4 is 9.47 Å². The van der Waals surface area contributed by atoms with Crippen molar-refractivity contribution in [2.45, 2.75) is 0 Å². The summed E-state index contributed by atoms with van der Waals surface area (Å²) in [6.07, 6.45) is 3.79. The molecule has 0 saturated heterocycles. The lowest BCUT2D eigenvalue weighted by Gasteiger charge is -2.09. The molecule has 0 saturated carbocycles. The lowest BCUT2D eigenvalue weighted by molar-refractivity contribution is 0.355. The Morgan fingerprint density at radius 1 is 0.870 bits per heavy atom. The van der Waals surface area contributed by atoms with Crippen LogP contribution in [0.4, 0.5) is 0 Å². The molecule has 0 fully saturated rings. The molecule has 0 aliphatic rings. The van der Waals surface area contributed by atoms with Crippen molar-refractivity contribution in [3.63, 3.8) is 0 Å². The van der Waals surface area contributed by atoms with Crippen LogP contribution in [0.3, 0.4) is 0 Å². The summed E-state index contributed by atoms with van der Waals surface area (Å²) in [4.78, 5) is 8.95. The van der Waals surface area contributed by atoms with Gasteiger partial charge in [0, 0.05) is 12.1 Å². The van der Waals surface area contributed by atoms with E-state index in [4.69, 9.17) is 21.1 Å². The average molecular weight is 327 g/mol. The largest absolute Gasteiger partial charge is 0.493 e. The summed E-state index contributed by atoms with van der Waals surface area (Å²) in [7, 11) is 3.17. The summed E-state index contributed by atoms with van der Waals surface area (Å²) >= 11 is 6.24. The van der Waals surface area contributed by atoms with Crippen molar-refractivity contribution in [3.8, 4) is 11.5 Å². The number of hydrogen-bond donors (Lipinski definition) is 0. The highest BCUT2D eigenvalue weighted by molar-refractivity contribution is 6.31. The molecular formula is C18H15ClN2O2. The predicted octanol–water partition coefficient (Wildman–Crippen LogP) is 4.47. The smallest absolute Gasteiger partial charge is 0.163 e. The van der Waals surface area contributed by atoms with E-state index in [1.54, 1.807) is 26.4 Å². The van der Waals surface area contributed by atoms with E-state index in [1.807, 2.05) is 42.5 Å². The molecule has 4 nitrogen and oxygen atoms in total. The monoisotopic (exact) mass is 326 g/mol. The maximum Gasteiger partial charge on any atom is 0.163 e. The number of halogens is 1. The highest BCUT2D eigenvalue weighted by Crippen LogP contribution is 2.31. The molecule has 0 N–H and O–H groups in total. The Balaban J connectivity index is 2.05. The molecule has 0 atom stereocenters. The molecule has 1 heterocycles. The van der Waals surface area contributed by atoms with Crippen LogP contribution in [0.15, 0.2) is 42.5 Å². The van der Waals surface area contributed by atoms with E-state index in [-0.39, 0.29) is 0 Å². The molecule has 116 valence electrons. The van der Waals surface area contributed by atoms with Crippen LogP contribution in [0.25, 0.3) is 23.2 Å². The number of methoxy groups -OCH3 is 2. The minimum atomic E-state index is 0.344. The van der Waals surface area contributed by atoms with Crippen molar-refractivity contribution < 1.29 is 9.47 Å². The Labute approximate surface area is 139 Å². The summed E-state index contributed by atoms with van der Waals surface area (Å²) < 4.78 is 10.6. The molecule has 0 bridgehead atoms. The standard InChI is InChI=1S/C18H15ClN2O2/c1-22-16-10-14-15(11-17(16)23-2)21-18(19)13(20-14)9-8-12-6-4-3-5-7-12/h3-11H,1-2H3. The van der Waals surface area contributed by atoms with Gasteiger partial charge < -0.3 is 9.47 Å². The molecule has 0 unspecified atom stereocenters. The predicted molar refractivity (Wildman–Crippen MR) is 93.0 cm³/mol. The van der Waals surface area contributed by atoms with Gasteiger partial charge in [0.15, 0.2) is 16.7 Å². The molecule has 5 heteroatoms. The number of aromatic nitrogens is 2. The molecule has 1 aromatic heterocycles. The summed E-state index contributed by atoms with van der Waals surface area (Å²) in [5.74, 6) is 1.20. The zero-order chi connectivity index (χ0) is 16.2. The first-order chi connectivity index (χ1) is 11.2. The van der Waals surface area contributed by atoms with Gasteiger partial charge in [-0.2, -0.15) is 0 Å². The summed E-state index contributed by atoms with van der Waals surface area (Å²) in [5.41, 5.74) is 3.03. The van der Waals surface area contributed by atoms with Gasteiger partial charge in [-0.25, -0.2) is 9.97 Å². The van der Waals surface area contributed by atoms with Gasteiger partial charge in [-0.1, -0.05) is 48.0 Å². The third-order valence-electron chi connectivity index (χ3n) is 3.38. The first-order valence-corrected chi connectivity index (χ1v) is 7.41. The van der Waals surface area contributed by atoms with Gasteiger partial charge in [0.25, 0.3) is 0 Å². The van der Waals surface area contributed by atoms with E-state index in [0.717, 1.165) is 5.56 Å². The Morgan fingerprint density at radius 3 is 2.09 bits per heavy atom. The Kier molecular flexibility index (Phi) is 4.44. The van der Waals surface area contributed by atoms with E-state index < -0.39 is 0 Å². The van der Waals surface area contributed by atoms with Crippen molar-refractivity contribution >= 4 is 34.8 Å². The first kappa shape index (κ1) is 15.3.